The summed E-state index contributed by atoms with van der Waals surface area (Å²) in [4.78, 5) is 17.2. The van der Waals surface area contributed by atoms with Gasteiger partial charge in [0.1, 0.15) is 0 Å². The van der Waals surface area contributed by atoms with Crippen LogP contribution in [0.3, 0.4) is 0 Å². The number of rotatable bonds is 5. The van der Waals surface area contributed by atoms with E-state index in [4.69, 9.17) is 0 Å². The number of nitrogens with zero attached hydrogens (tertiary/aromatic N) is 3. The van der Waals surface area contributed by atoms with E-state index in [0.717, 1.165) is 36.4 Å². The number of imidazole rings is 2. The number of anilines is 1. The highest BCUT2D eigenvalue weighted by Gasteiger charge is 2.06. The first kappa shape index (κ1) is 11.8. The normalized spacial score (nSPS) is 11.0. The summed E-state index contributed by atoms with van der Waals surface area (Å²) < 4.78 is 0. The molecule has 0 spiro atoms. The van der Waals surface area contributed by atoms with Gasteiger partial charge in [-0.1, -0.05) is 12.1 Å². The van der Waals surface area contributed by atoms with E-state index in [1.54, 1.807) is 6.33 Å². The van der Waals surface area contributed by atoms with Gasteiger partial charge in [0, 0.05) is 25.5 Å². The van der Waals surface area contributed by atoms with Gasteiger partial charge in [-0.2, -0.15) is 0 Å². The van der Waals surface area contributed by atoms with E-state index in [1.807, 2.05) is 30.5 Å². The highest BCUT2D eigenvalue weighted by atomic mass is 15.2. The molecular weight excluding hydrogens is 238 g/mol. The Morgan fingerprint density at radius 3 is 2.95 bits per heavy atom. The minimum Gasteiger partial charge on any atom is -0.348 e. The molecule has 0 saturated heterocycles. The molecule has 0 saturated carbocycles. The number of fused-ring (bicyclic) bond motifs is 1. The molecular formula is C14H17N5. The molecule has 0 fully saturated rings. The van der Waals surface area contributed by atoms with Gasteiger partial charge in [0.2, 0.25) is 5.95 Å². The van der Waals surface area contributed by atoms with Crippen LogP contribution < -0.4 is 4.90 Å². The number of aromatic nitrogens is 4. The summed E-state index contributed by atoms with van der Waals surface area (Å²) in [5, 5.41) is 0. The standard InChI is InChI=1S/C14H17N5/c1-19(8-4-5-11-9-15-10-16-11)14-17-12-6-2-3-7-13(12)18-14/h2-3,6-7,9-10H,4-5,8H2,1H3,(H,15,16)(H,17,18). The molecule has 0 unspecified atom stereocenters. The largest absolute Gasteiger partial charge is 0.348 e. The average Bonchev–Trinajstić information content (AvgIpc) is 3.07. The van der Waals surface area contributed by atoms with Gasteiger partial charge in [0.25, 0.3) is 0 Å². The molecule has 98 valence electrons. The second kappa shape index (κ2) is 5.14. The van der Waals surface area contributed by atoms with Crippen LogP contribution >= 0.6 is 0 Å². The molecule has 3 aromatic rings. The van der Waals surface area contributed by atoms with Crippen molar-refractivity contribution in [1.82, 2.24) is 19.9 Å². The van der Waals surface area contributed by atoms with Crippen LogP contribution in [0.5, 0.6) is 0 Å². The van der Waals surface area contributed by atoms with Gasteiger partial charge in [0.05, 0.1) is 17.4 Å². The number of aromatic amines is 2. The molecule has 0 bridgehead atoms. The van der Waals surface area contributed by atoms with Gasteiger partial charge < -0.3 is 14.9 Å². The van der Waals surface area contributed by atoms with E-state index in [9.17, 15) is 0 Å². The van der Waals surface area contributed by atoms with Crippen LogP contribution in [0.25, 0.3) is 11.0 Å². The molecule has 2 N–H and O–H groups in total. The van der Waals surface area contributed by atoms with Gasteiger partial charge in [-0.05, 0) is 25.0 Å². The van der Waals surface area contributed by atoms with Crippen molar-refractivity contribution in [1.29, 1.82) is 0 Å². The number of benzene rings is 1. The van der Waals surface area contributed by atoms with Crippen LogP contribution in [0.15, 0.2) is 36.8 Å². The molecule has 5 nitrogen and oxygen atoms in total. The quantitative estimate of drug-likeness (QED) is 0.735. The first-order valence-electron chi connectivity index (χ1n) is 6.46. The van der Waals surface area contributed by atoms with Crippen molar-refractivity contribution in [3.63, 3.8) is 0 Å². The van der Waals surface area contributed by atoms with Crippen LogP contribution in [0, 0.1) is 0 Å². The van der Waals surface area contributed by atoms with E-state index in [0.29, 0.717) is 0 Å². The Morgan fingerprint density at radius 1 is 1.26 bits per heavy atom. The number of hydrogen-bond donors (Lipinski definition) is 2. The number of hydrogen-bond acceptors (Lipinski definition) is 3. The maximum Gasteiger partial charge on any atom is 0.203 e. The highest BCUT2D eigenvalue weighted by Crippen LogP contribution is 2.16. The topological polar surface area (TPSA) is 60.6 Å². The van der Waals surface area contributed by atoms with E-state index in [-0.39, 0.29) is 0 Å². The van der Waals surface area contributed by atoms with Crippen LogP contribution in [0.2, 0.25) is 0 Å². The van der Waals surface area contributed by atoms with Gasteiger partial charge in [-0.15, -0.1) is 0 Å². The fourth-order valence-electron chi connectivity index (χ4n) is 2.15. The Morgan fingerprint density at radius 2 is 2.16 bits per heavy atom. The maximum atomic E-state index is 4.58. The molecule has 1 aromatic carbocycles. The predicted molar refractivity (Wildman–Crippen MR) is 76.3 cm³/mol. The monoisotopic (exact) mass is 255 g/mol. The lowest BCUT2D eigenvalue weighted by atomic mass is 10.2. The Kier molecular flexibility index (Phi) is 3.18. The van der Waals surface area contributed by atoms with Gasteiger partial charge >= 0.3 is 0 Å². The van der Waals surface area contributed by atoms with Crippen LogP contribution in [-0.4, -0.2) is 33.5 Å². The second-order valence-electron chi connectivity index (χ2n) is 4.68. The molecule has 5 heteroatoms. The zero-order chi connectivity index (χ0) is 13.1. The smallest absolute Gasteiger partial charge is 0.203 e. The van der Waals surface area contributed by atoms with E-state index in [1.165, 1.54) is 5.69 Å². The number of para-hydroxylation sites is 2. The maximum absolute atomic E-state index is 4.58. The molecule has 0 aliphatic carbocycles. The fraction of sp³-hybridized carbons (Fsp3) is 0.286. The summed E-state index contributed by atoms with van der Waals surface area (Å²) in [6.45, 7) is 0.957. The van der Waals surface area contributed by atoms with E-state index < -0.39 is 0 Å². The molecule has 0 radical (unpaired) electrons. The van der Waals surface area contributed by atoms with Gasteiger partial charge in [0.15, 0.2) is 0 Å². The van der Waals surface area contributed by atoms with E-state index in [2.05, 4.69) is 31.9 Å². The number of nitrogens with one attached hydrogen (secondary N) is 2. The SMILES string of the molecule is CN(CCCc1cnc[nH]1)c1nc2ccccc2[nH]1. The first-order valence-corrected chi connectivity index (χ1v) is 6.46. The summed E-state index contributed by atoms with van der Waals surface area (Å²) in [5.74, 6) is 0.922. The third-order valence-electron chi connectivity index (χ3n) is 3.23. The fourth-order valence-corrected chi connectivity index (χ4v) is 2.15. The molecule has 19 heavy (non-hydrogen) atoms. The predicted octanol–water partition coefficient (Wildman–Crippen LogP) is 2.35. The summed E-state index contributed by atoms with van der Waals surface area (Å²) in [6.07, 6.45) is 5.67. The zero-order valence-electron chi connectivity index (χ0n) is 10.9. The zero-order valence-corrected chi connectivity index (χ0v) is 10.9. The van der Waals surface area contributed by atoms with Crippen LogP contribution in [0.1, 0.15) is 12.1 Å². The lowest BCUT2D eigenvalue weighted by Gasteiger charge is -2.15. The highest BCUT2D eigenvalue weighted by molar-refractivity contribution is 5.77. The van der Waals surface area contributed by atoms with Gasteiger partial charge in [-0.3, -0.25) is 0 Å². The summed E-state index contributed by atoms with van der Waals surface area (Å²) >= 11 is 0. The molecule has 2 heterocycles. The Balaban J connectivity index is 1.61. The third kappa shape index (κ3) is 2.59. The van der Waals surface area contributed by atoms with Gasteiger partial charge in [-0.25, -0.2) is 9.97 Å². The lowest BCUT2D eigenvalue weighted by Crippen LogP contribution is -2.20. The van der Waals surface area contributed by atoms with Crippen LogP contribution in [-0.2, 0) is 6.42 Å². The average molecular weight is 255 g/mol. The van der Waals surface area contributed by atoms with E-state index >= 15 is 0 Å². The molecule has 0 aliphatic heterocycles. The van der Waals surface area contributed by atoms with Crippen molar-refractivity contribution < 1.29 is 0 Å². The Hall–Kier alpha value is -2.30. The number of H-pyrrole nitrogens is 2. The lowest BCUT2D eigenvalue weighted by molar-refractivity contribution is 0.762. The van der Waals surface area contributed by atoms with Crippen molar-refractivity contribution in [3.8, 4) is 0 Å². The number of aryl methyl sites for hydroxylation is 1. The van der Waals surface area contributed by atoms with Crippen molar-refractivity contribution in [2.24, 2.45) is 0 Å². The molecule has 2 aromatic heterocycles. The molecule has 0 amide bonds. The van der Waals surface area contributed by atoms with Crippen LogP contribution in [0.4, 0.5) is 5.95 Å². The minimum absolute atomic E-state index is 0.922. The summed E-state index contributed by atoms with van der Waals surface area (Å²) in [7, 11) is 2.06. The molecule has 3 rings (SSSR count). The Labute approximate surface area is 111 Å². The minimum atomic E-state index is 0.922. The first-order chi connectivity index (χ1) is 9.33. The summed E-state index contributed by atoms with van der Waals surface area (Å²) in [5.41, 5.74) is 3.27. The summed E-state index contributed by atoms with van der Waals surface area (Å²) in [6, 6.07) is 8.09. The Bertz CT molecular complexity index is 608. The molecule has 0 atom stereocenters. The molecule has 0 aliphatic rings. The second-order valence-corrected chi connectivity index (χ2v) is 4.68. The van der Waals surface area contributed by atoms with Crippen molar-refractivity contribution >= 4 is 17.0 Å². The third-order valence-corrected chi connectivity index (χ3v) is 3.23. The van der Waals surface area contributed by atoms with Crippen molar-refractivity contribution in [2.75, 3.05) is 18.5 Å². The van der Waals surface area contributed by atoms with Crippen molar-refractivity contribution in [3.05, 3.63) is 42.5 Å². The van der Waals surface area contributed by atoms with Crippen molar-refractivity contribution in [2.45, 2.75) is 12.8 Å².